The van der Waals surface area contributed by atoms with Crippen LogP contribution in [0.25, 0.3) is 0 Å². The van der Waals surface area contributed by atoms with Gasteiger partial charge in [0.25, 0.3) is 6.43 Å². The maximum absolute atomic E-state index is 11.8. The third-order valence-corrected chi connectivity index (χ3v) is 3.32. The number of rotatable bonds is 8. The maximum atomic E-state index is 11.8. The van der Waals surface area contributed by atoms with Crippen molar-refractivity contribution in [3.8, 4) is 5.75 Å². The van der Waals surface area contributed by atoms with Crippen LogP contribution in [0.15, 0.2) is 21.1 Å². The largest absolute Gasteiger partial charge is 0.495 e. The van der Waals surface area contributed by atoms with Crippen LogP contribution < -0.4 is 10.1 Å². The van der Waals surface area contributed by atoms with E-state index in [4.69, 9.17) is 9.47 Å². The maximum Gasteiger partial charge on any atom is 0.261 e. The van der Waals surface area contributed by atoms with Crippen molar-refractivity contribution in [2.24, 2.45) is 0 Å². The summed E-state index contributed by atoms with van der Waals surface area (Å²) < 4.78 is 35.5. The van der Waals surface area contributed by atoms with Crippen molar-refractivity contribution in [2.75, 3.05) is 26.9 Å². The number of hydrogen-bond acceptors (Lipinski definition) is 3. The lowest BCUT2D eigenvalue weighted by molar-refractivity contribution is 0.0187. The van der Waals surface area contributed by atoms with E-state index in [1.807, 2.05) is 12.1 Å². The van der Waals surface area contributed by atoms with Crippen molar-refractivity contribution < 1.29 is 18.3 Å². The summed E-state index contributed by atoms with van der Waals surface area (Å²) in [4.78, 5) is 0. The predicted octanol–water partition coefficient (Wildman–Crippen LogP) is 3.59. The Kier molecular flexibility index (Phi) is 7.82. The molecule has 0 atom stereocenters. The summed E-state index contributed by atoms with van der Waals surface area (Å²) in [7, 11) is 1.60. The summed E-state index contributed by atoms with van der Waals surface area (Å²) in [6, 6.07) is 3.84. The van der Waals surface area contributed by atoms with Crippen LogP contribution in [0, 0.1) is 0 Å². The molecule has 0 aliphatic carbocycles. The van der Waals surface area contributed by atoms with Gasteiger partial charge in [0.05, 0.1) is 18.2 Å². The molecule has 0 saturated heterocycles. The van der Waals surface area contributed by atoms with E-state index >= 15 is 0 Å². The van der Waals surface area contributed by atoms with Crippen LogP contribution in [-0.4, -0.2) is 33.3 Å². The molecule has 0 aliphatic rings. The molecule has 0 aromatic heterocycles. The molecule has 0 aliphatic heterocycles. The Bertz CT molecular complexity index is 406. The summed E-state index contributed by atoms with van der Waals surface area (Å²) in [6.45, 7) is 0.800. The van der Waals surface area contributed by atoms with Crippen molar-refractivity contribution in [2.45, 2.75) is 13.0 Å². The SMILES string of the molecule is COc1c(Br)cc(Br)cc1CNCCOCC(F)F. The Balaban J connectivity index is 2.40. The van der Waals surface area contributed by atoms with Crippen LogP contribution in [0.1, 0.15) is 5.56 Å². The first-order chi connectivity index (χ1) is 9.04. The lowest BCUT2D eigenvalue weighted by atomic mass is 10.2. The monoisotopic (exact) mass is 401 g/mol. The Morgan fingerprint density at radius 3 is 2.68 bits per heavy atom. The highest BCUT2D eigenvalue weighted by molar-refractivity contribution is 9.11. The minimum absolute atomic E-state index is 0.252. The molecule has 0 amide bonds. The average Bonchev–Trinajstić information content (AvgIpc) is 2.32. The van der Waals surface area contributed by atoms with Crippen LogP contribution in [-0.2, 0) is 11.3 Å². The quantitative estimate of drug-likeness (QED) is 0.674. The van der Waals surface area contributed by atoms with E-state index in [-0.39, 0.29) is 6.61 Å². The van der Waals surface area contributed by atoms with Crippen molar-refractivity contribution in [3.05, 3.63) is 26.6 Å². The molecular weight excluding hydrogens is 388 g/mol. The van der Waals surface area contributed by atoms with E-state index in [1.54, 1.807) is 7.11 Å². The van der Waals surface area contributed by atoms with Gasteiger partial charge in [-0.1, -0.05) is 15.9 Å². The Morgan fingerprint density at radius 2 is 2.05 bits per heavy atom. The highest BCUT2D eigenvalue weighted by atomic mass is 79.9. The fraction of sp³-hybridized carbons (Fsp3) is 0.500. The van der Waals surface area contributed by atoms with Gasteiger partial charge in [-0.05, 0) is 28.1 Å². The highest BCUT2D eigenvalue weighted by Gasteiger charge is 2.08. The van der Waals surface area contributed by atoms with Gasteiger partial charge < -0.3 is 14.8 Å². The first kappa shape index (κ1) is 16.8. The van der Waals surface area contributed by atoms with Gasteiger partial charge >= 0.3 is 0 Å². The van der Waals surface area contributed by atoms with Gasteiger partial charge in [0.15, 0.2) is 0 Å². The molecule has 0 heterocycles. The van der Waals surface area contributed by atoms with Gasteiger partial charge in [0, 0.05) is 23.1 Å². The van der Waals surface area contributed by atoms with Crippen LogP contribution in [0.2, 0.25) is 0 Å². The number of methoxy groups -OCH3 is 1. The molecule has 1 rings (SSSR count). The molecule has 0 radical (unpaired) electrons. The Hall–Kier alpha value is -0.240. The molecule has 0 bridgehead atoms. The number of hydrogen-bond donors (Lipinski definition) is 1. The minimum atomic E-state index is -2.42. The fourth-order valence-corrected chi connectivity index (χ4v) is 2.99. The van der Waals surface area contributed by atoms with Crippen molar-refractivity contribution in [3.63, 3.8) is 0 Å². The molecule has 1 N–H and O–H groups in total. The molecule has 3 nitrogen and oxygen atoms in total. The van der Waals surface area contributed by atoms with Gasteiger partial charge in [-0.2, -0.15) is 0 Å². The second-order valence-corrected chi connectivity index (χ2v) is 5.49. The topological polar surface area (TPSA) is 30.5 Å². The van der Waals surface area contributed by atoms with Crippen molar-refractivity contribution >= 4 is 31.9 Å². The summed E-state index contributed by atoms with van der Waals surface area (Å²) in [5, 5.41) is 3.11. The highest BCUT2D eigenvalue weighted by Crippen LogP contribution is 2.32. The zero-order valence-electron chi connectivity index (χ0n) is 10.4. The van der Waals surface area contributed by atoms with E-state index in [2.05, 4.69) is 37.2 Å². The summed E-state index contributed by atoms with van der Waals surface area (Å²) in [5.41, 5.74) is 0.970. The molecular formula is C12H15Br2F2NO2. The summed E-state index contributed by atoms with van der Waals surface area (Å²) >= 11 is 6.82. The Morgan fingerprint density at radius 1 is 1.32 bits per heavy atom. The summed E-state index contributed by atoms with van der Waals surface area (Å²) in [6.07, 6.45) is -2.42. The predicted molar refractivity (Wildman–Crippen MR) is 76.9 cm³/mol. The number of alkyl halides is 2. The zero-order valence-corrected chi connectivity index (χ0v) is 13.6. The molecule has 108 valence electrons. The standard InChI is InChI=1S/C12H15Br2F2NO2/c1-18-12-8(4-9(13)5-10(12)14)6-17-2-3-19-7-11(15)16/h4-5,11,17H,2-3,6-7H2,1H3. The second-order valence-electron chi connectivity index (χ2n) is 3.72. The second kappa shape index (κ2) is 8.84. The molecule has 19 heavy (non-hydrogen) atoms. The van der Waals surface area contributed by atoms with E-state index in [0.717, 1.165) is 20.3 Å². The van der Waals surface area contributed by atoms with Gasteiger partial charge in [0.2, 0.25) is 0 Å². The molecule has 0 fully saturated rings. The number of ether oxygens (including phenoxy) is 2. The number of nitrogens with one attached hydrogen (secondary N) is 1. The normalized spacial score (nSPS) is 11.1. The molecule has 0 unspecified atom stereocenters. The van der Waals surface area contributed by atoms with E-state index < -0.39 is 13.0 Å². The van der Waals surface area contributed by atoms with Crippen molar-refractivity contribution in [1.82, 2.24) is 5.32 Å². The van der Waals surface area contributed by atoms with Crippen LogP contribution in [0.5, 0.6) is 5.75 Å². The molecule has 1 aromatic rings. The molecule has 1 aromatic carbocycles. The molecule has 7 heteroatoms. The van der Waals surface area contributed by atoms with Crippen LogP contribution >= 0.6 is 31.9 Å². The van der Waals surface area contributed by atoms with Crippen LogP contribution in [0.4, 0.5) is 8.78 Å². The van der Waals surface area contributed by atoms with E-state index in [0.29, 0.717) is 13.1 Å². The third-order valence-electron chi connectivity index (χ3n) is 2.27. The number of halogens is 4. The molecule has 0 spiro atoms. The van der Waals surface area contributed by atoms with Crippen molar-refractivity contribution in [1.29, 1.82) is 0 Å². The zero-order chi connectivity index (χ0) is 14.3. The Labute approximate surface area is 127 Å². The lowest BCUT2D eigenvalue weighted by Gasteiger charge is -2.12. The lowest BCUT2D eigenvalue weighted by Crippen LogP contribution is -2.21. The van der Waals surface area contributed by atoms with E-state index in [1.165, 1.54) is 0 Å². The smallest absolute Gasteiger partial charge is 0.261 e. The molecule has 0 saturated carbocycles. The minimum Gasteiger partial charge on any atom is -0.495 e. The first-order valence-electron chi connectivity index (χ1n) is 5.63. The average molecular weight is 403 g/mol. The van der Waals surface area contributed by atoms with Gasteiger partial charge in [-0.15, -0.1) is 0 Å². The van der Waals surface area contributed by atoms with Gasteiger partial charge in [-0.3, -0.25) is 0 Å². The first-order valence-corrected chi connectivity index (χ1v) is 7.21. The van der Waals surface area contributed by atoms with Gasteiger partial charge in [0.1, 0.15) is 12.4 Å². The number of benzene rings is 1. The van der Waals surface area contributed by atoms with Gasteiger partial charge in [-0.25, -0.2) is 8.78 Å². The third kappa shape index (κ3) is 6.16. The fourth-order valence-electron chi connectivity index (χ4n) is 1.51. The van der Waals surface area contributed by atoms with Crippen LogP contribution in [0.3, 0.4) is 0 Å². The van der Waals surface area contributed by atoms with E-state index in [9.17, 15) is 8.78 Å². The summed E-state index contributed by atoms with van der Waals surface area (Å²) in [5.74, 6) is 0.754.